The molecule has 1 amide bonds. The number of nitrogens with zero attached hydrogens (tertiary/aromatic N) is 1. The number of aromatic nitrogens is 2. The average molecular weight is 367 g/mol. The highest BCUT2D eigenvalue weighted by atomic mass is 16.4. The van der Waals surface area contributed by atoms with E-state index >= 15 is 0 Å². The minimum absolute atomic E-state index is 0.110. The molecule has 1 heterocycles. The molecule has 0 unspecified atom stereocenters. The predicted molar refractivity (Wildman–Crippen MR) is 98.1 cm³/mol. The summed E-state index contributed by atoms with van der Waals surface area (Å²) in [5, 5.41) is 11.4. The van der Waals surface area contributed by atoms with Gasteiger partial charge in [-0.05, 0) is 12.8 Å². The van der Waals surface area contributed by atoms with Gasteiger partial charge in [0.15, 0.2) is 0 Å². The number of aromatic amines is 1. The third kappa shape index (κ3) is 10.5. The summed E-state index contributed by atoms with van der Waals surface area (Å²) in [6.07, 6.45) is 9.99. The number of hydrogen-bond acceptors (Lipinski definition) is 4. The molecule has 1 aromatic heterocycles. The van der Waals surface area contributed by atoms with Crippen molar-refractivity contribution in [2.24, 2.45) is 0 Å². The van der Waals surface area contributed by atoms with Crippen molar-refractivity contribution in [2.45, 2.75) is 70.8 Å². The molecule has 0 aliphatic carbocycles. The first-order valence-electron chi connectivity index (χ1n) is 9.27. The van der Waals surface area contributed by atoms with Crippen LogP contribution in [0.3, 0.4) is 0 Å². The standard InChI is InChI=1S/C18H29N3O5/c22-15(10-13-21-14-11-16(23)20-18(21)26)19-12-8-6-4-2-1-3-5-7-9-17(24)25/h11,14H,1-10,12-13H2,(H,19,22)(H,24,25)(H,20,23,26). The molecule has 0 aromatic carbocycles. The predicted octanol–water partition coefficient (Wildman–Crippen LogP) is 1.64. The van der Waals surface area contributed by atoms with E-state index in [1.807, 2.05) is 0 Å². The van der Waals surface area contributed by atoms with Crippen LogP contribution in [-0.2, 0) is 16.1 Å². The number of amides is 1. The van der Waals surface area contributed by atoms with E-state index < -0.39 is 17.2 Å². The van der Waals surface area contributed by atoms with Gasteiger partial charge in [0, 0.05) is 38.2 Å². The highest BCUT2D eigenvalue weighted by Gasteiger charge is 2.03. The lowest BCUT2D eigenvalue weighted by atomic mass is 10.1. The largest absolute Gasteiger partial charge is 0.481 e. The van der Waals surface area contributed by atoms with E-state index in [-0.39, 0.29) is 25.3 Å². The van der Waals surface area contributed by atoms with Crippen molar-refractivity contribution in [2.75, 3.05) is 6.54 Å². The van der Waals surface area contributed by atoms with Gasteiger partial charge in [0.1, 0.15) is 0 Å². The Morgan fingerprint density at radius 3 is 2.19 bits per heavy atom. The van der Waals surface area contributed by atoms with Gasteiger partial charge >= 0.3 is 11.7 Å². The molecular formula is C18H29N3O5. The molecule has 1 rings (SSSR count). The maximum absolute atomic E-state index is 11.7. The number of hydrogen-bond donors (Lipinski definition) is 3. The summed E-state index contributed by atoms with van der Waals surface area (Å²) in [6, 6.07) is 1.26. The number of nitrogens with one attached hydrogen (secondary N) is 2. The molecule has 146 valence electrons. The number of unbranched alkanes of at least 4 members (excludes halogenated alkanes) is 7. The minimum atomic E-state index is -0.724. The number of aryl methyl sites for hydroxylation is 1. The Labute approximate surface area is 152 Å². The summed E-state index contributed by atoms with van der Waals surface area (Å²) in [5.74, 6) is -0.834. The summed E-state index contributed by atoms with van der Waals surface area (Å²) in [6.45, 7) is 0.862. The third-order valence-corrected chi connectivity index (χ3v) is 4.12. The van der Waals surface area contributed by atoms with Crippen LogP contribution in [0.1, 0.15) is 64.2 Å². The molecule has 0 atom stereocenters. The van der Waals surface area contributed by atoms with Crippen molar-refractivity contribution in [1.29, 1.82) is 0 Å². The van der Waals surface area contributed by atoms with Crippen LogP contribution >= 0.6 is 0 Å². The van der Waals surface area contributed by atoms with Gasteiger partial charge in [-0.3, -0.25) is 19.4 Å². The van der Waals surface area contributed by atoms with Gasteiger partial charge in [0.2, 0.25) is 5.91 Å². The van der Waals surface area contributed by atoms with Crippen LogP contribution < -0.4 is 16.6 Å². The molecule has 1 aromatic rings. The number of carbonyl (C=O) groups excluding carboxylic acids is 1. The number of rotatable bonds is 14. The van der Waals surface area contributed by atoms with Crippen molar-refractivity contribution in [3.05, 3.63) is 33.1 Å². The topological polar surface area (TPSA) is 121 Å². The summed E-state index contributed by atoms with van der Waals surface area (Å²) in [5.41, 5.74) is -0.954. The van der Waals surface area contributed by atoms with Crippen LogP contribution in [0.25, 0.3) is 0 Å². The van der Waals surface area contributed by atoms with Crippen molar-refractivity contribution in [1.82, 2.24) is 14.9 Å². The summed E-state index contributed by atoms with van der Waals surface area (Å²) in [7, 11) is 0. The van der Waals surface area contributed by atoms with Crippen LogP contribution in [-0.4, -0.2) is 33.1 Å². The quantitative estimate of drug-likeness (QED) is 0.432. The fourth-order valence-electron chi connectivity index (χ4n) is 2.62. The molecule has 0 aliphatic rings. The number of carboxylic acid groups (broad SMARTS) is 1. The normalized spacial score (nSPS) is 10.6. The third-order valence-electron chi connectivity index (χ3n) is 4.12. The van der Waals surface area contributed by atoms with Gasteiger partial charge < -0.3 is 15.0 Å². The maximum atomic E-state index is 11.7. The summed E-state index contributed by atoms with van der Waals surface area (Å²) < 4.78 is 1.30. The molecule has 0 bridgehead atoms. The first-order chi connectivity index (χ1) is 12.5. The molecular weight excluding hydrogens is 338 g/mol. The minimum Gasteiger partial charge on any atom is -0.481 e. The zero-order chi connectivity index (χ0) is 19.2. The van der Waals surface area contributed by atoms with Crippen LogP contribution in [0.2, 0.25) is 0 Å². The Morgan fingerprint density at radius 1 is 0.962 bits per heavy atom. The van der Waals surface area contributed by atoms with E-state index in [0.29, 0.717) is 6.54 Å². The van der Waals surface area contributed by atoms with E-state index in [2.05, 4.69) is 10.3 Å². The first kappa shape index (κ1) is 21.7. The summed E-state index contributed by atoms with van der Waals surface area (Å²) >= 11 is 0. The van der Waals surface area contributed by atoms with Crippen molar-refractivity contribution in [3.63, 3.8) is 0 Å². The highest BCUT2D eigenvalue weighted by molar-refractivity contribution is 5.75. The van der Waals surface area contributed by atoms with Crippen LogP contribution in [0, 0.1) is 0 Å². The summed E-state index contributed by atoms with van der Waals surface area (Å²) in [4.78, 5) is 46.7. The lowest BCUT2D eigenvalue weighted by molar-refractivity contribution is -0.137. The zero-order valence-electron chi connectivity index (χ0n) is 15.2. The van der Waals surface area contributed by atoms with Crippen molar-refractivity contribution in [3.8, 4) is 0 Å². The Hall–Kier alpha value is -2.38. The Bertz CT molecular complexity index is 665. The molecule has 0 saturated carbocycles. The fourth-order valence-corrected chi connectivity index (χ4v) is 2.62. The Kier molecular flexibility index (Phi) is 10.8. The molecule has 0 spiro atoms. The molecule has 0 aliphatic heterocycles. The fraction of sp³-hybridized carbons (Fsp3) is 0.667. The molecule has 8 heteroatoms. The van der Waals surface area contributed by atoms with Gasteiger partial charge in [-0.15, -0.1) is 0 Å². The number of H-pyrrole nitrogens is 1. The van der Waals surface area contributed by atoms with E-state index in [0.717, 1.165) is 51.4 Å². The molecule has 3 N–H and O–H groups in total. The monoisotopic (exact) mass is 367 g/mol. The van der Waals surface area contributed by atoms with Crippen LogP contribution in [0.4, 0.5) is 0 Å². The lowest BCUT2D eigenvalue weighted by Gasteiger charge is -2.06. The van der Waals surface area contributed by atoms with Gasteiger partial charge in [0.05, 0.1) is 0 Å². The van der Waals surface area contributed by atoms with E-state index in [4.69, 9.17) is 5.11 Å². The van der Waals surface area contributed by atoms with Crippen molar-refractivity contribution < 1.29 is 14.7 Å². The average Bonchev–Trinajstić information content (AvgIpc) is 2.58. The molecule has 0 saturated heterocycles. The van der Waals surface area contributed by atoms with Gasteiger partial charge in [-0.1, -0.05) is 38.5 Å². The van der Waals surface area contributed by atoms with E-state index in [1.165, 1.54) is 16.8 Å². The highest BCUT2D eigenvalue weighted by Crippen LogP contribution is 2.09. The van der Waals surface area contributed by atoms with Crippen LogP contribution in [0.15, 0.2) is 21.9 Å². The molecule has 0 radical (unpaired) electrons. The van der Waals surface area contributed by atoms with Crippen molar-refractivity contribution >= 4 is 11.9 Å². The van der Waals surface area contributed by atoms with Gasteiger partial charge in [0.25, 0.3) is 5.56 Å². The zero-order valence-corrected chi connectivity index (χ0v) is 15.2. The first-order valence-corrected chi connectivity index (χ1v) is 9.27. The number of aliphatic carboxylic acids is 1. The Balaban J connectivity index is 1.96. The second kappa shape index (κ2) is 12.9. The SMILES string of the molecule is O=C(O)CCCCCCCCCCNC(=O)CCn1ccc(=O)[nH]c1=O. The molecule has 8 nitrogen and oxygen atoms in total. The lowest BCUT2D eigenvalue weighted by Crippen LogP contribution is -2.31. The van der Waals surface area contributed by atoms with E-state index in [1.54, 1.807) is 0 Å². The second-order valence-corrected chi connectivity index (χ2v) is 6.38. The van der Waals surface area contributed by atoms with Gasteiger partial charge in [-0.2, -0.15) is 0 Å². The van der Waals surface area contributed by atoms with Crippen LogP contribution in [0.5, 0.6) is 0 Å². The second-order valence-electron chi connectivity index (χ2n) is 6.38. The maximum Gasteiger partial charge on any atom is 0.328 e. The smallest absolute Gasteiger partial charge is 0.328 e. The Morgan fingerprint density at radius 2 is 1.58 bits per heavy atom. The van der Waals surface area contributed by atoms with E-state index in [9.17, 15) is 19.2 Å². The number of carbonyl (C=O) groups is 2. The van der Waals surface area contributed by atoms with Gasteiger partial charge in [-0.25, -0.2) is 4.79 Å². The number of carboxylic acids is 1. The molecule has 26 heavy (non-hydrogen) atoms. The molecule has 0 fully saturated rings.